The number of hydrogen-bond donors (Lipinski definition) is 0. The highest BCUT2D eigenvalue weighted by molar-refractivity contribution is 5.45. The number of alkyl halides is 3. The fourth-order valence-electron chi connectivity index (χ4n) is 3.50. The Bertz CT molecular complexity index is 1290. The summed E-state index contributed by atoms with van der Waals surface area (Å²) in [5, 5.41) is 0. The summed E-state index contributed by atoms with van der Waals surface area (Å²) in [4.78, 5) is 0. The number of rotatable bonds is 6. The van der Waals surface area contributed by atoms with Crippen molar-refractivity contribution in [2.75, 3.05) is 0 Å². The molecule has 0 aliphatic rings. The van der Waals surface area contributed by atoms with Crippen molar-refractivity contribution in [3.8, 4) is 17.6 Å². The molecule has 5 heteroatoms. The van der Waals surface area contributed by atoms with Gasteiger partial charge in [0.2, 0.25) is 0 Å². The van der Waals surface area contributed by atoms with Crippen LogP contribution >= 0.6 is 0 Å². The van der Waals surface area contributed by atoms with Crippen molar-refractivity contribution in [1.82, 2.24) is 5.73 Å². The van der Waals surface area contributed by atoms with Gasteiger partial charge in [-0.05, 0) is 71.6 Å². The van der Waals surface area contributed by atoms with Gasteiger partial charge < -0.3 is 4.74 Å². The van der Waals surface area contributed by atoms with E-state index in [1.165, 1.54) is 12.1 Å². The molecule has 0 bridgehead atoms. The summed E-state index contributed by atoms with van der Waals surface area (Å²) in [5.41, 5.74) is 11.9. The molecule has 0 spiro atoms. The van der Waals surface area contributed by atoms with Crippen molar-refractivity contribution < 1.29 is 17.9 Å². The van der Waals surface area contributed by atoms with Crippen molar-refractivity contribution >= 4 is 0 Å². The monoisotopic (exact) mass is 470 g/mol. The molecule has 175 valence electrons. The molecule has 0 aliphatic heterocycles. The van der Waals surface area contributed by atoms with Crippen molar-refractivity contribution in [1.29, 1.82) is 0 Å². The minimum absolute atomic E-state index is 0.406. The molecule has 1 atom stereocenters. The molecule has 0 saturated heterocycles. The standard InChI is InChI=1S/C30H23F3NO/c31-30(32,33)27-16-14-26(15-17-27)29(34)20-24-10-8-22(9-11-24)6-7-23-12-18-28(19-13-23)35-21-25-4-2-1-3-5-25/h1-5,8-19,29,34H,20-21H2. The maximum absolute atomic E-state index is 12.7. The third-order valence-electron chi connectivity index (χ3n) is 5.49. The van der Waals surface area contributed by atoms with E-state index < -0.39 is 17.8 Å². The molecule has 0 heterocycles. The predicted molar refractivity (Wildman–Crippen MR) is 131 cm³/mol. The quantitative estimate of drug-likeness (QED) is 0.273. The first-order valence-electron chi connectivity index (χ1n) is 11.1. The Morgan fingerprint density at radius 1 is 0.686 bits per heavy atom. The zero-order valence-corrected chi connectivity index (χ0v) is 18.8. The number of hydrogen-bond acceptors (Lipinski definition) is 1. The summed E-state index contributed by atoms with van der Waals surface area (Å²) in [6, 6.07) is 29.3. The van der Waals surface area contributed by atoms with Crippen LogP contribution in [0, 0.1) is 11.8 Å². The molecule has 0 aromatic heterocycles. The Morgan fingerprint density at radius 3 is 1.83 bits per heavy atom. The van der Waals surface area contributed by atoms with Crippen LogP contribution in [0.1, 0.15) is 39.4 Å². The molecule has 4 aromatic carbocycles. The van der Waals surface area contributed by atoms with E-state index >= 15 is 0 Å². The van der Waals surface area contributed by atoms with Gasteiger partial charge in [-0.25, -0.2) is 5.73 Å². The van der Waals surface area contributed by atoms with E-state index in [9.17, 15) is 13.2 Å². The maximum Gasteiger partial charge on any atom is 0.416 e. The fraction of sp³-hybridized carbons (Fsp3) is 0.133. The largest absolute Gasteiger partial charge is 0.489 e. The van der Waals surface area contributed by atoms with Gasteiger partial charge in [0.1, 0.15) is 12.4 Å². The van der Waals surface area contributed by atoms with E-state index in [1.807, 2.05) is 78.9 Å². The summed E-state index contributed by atoms with van der Waals surface area (Å²) in [6.45, 7) is 0.510. The van der Waals surface area contributed by atoms with E-state index in [2.05, 4.69) is 11.8 Å². The zero-order valence-electron chi connectivity index (χ0n) is 18.8. The Kier molecular flexibility index (Phi) is 7.54. The van der Waals surface area contributed by atoms with E-state index in [1.54, 1.807) is 0 Å². The molecule has 2 nitrogen and oxygen atoms in total. The van der Waals surface area contributed by atoms with Crippen LogP contribution in [0.4, 0.5) is 13.2 Å². The highest BCUT2D eigenvalue weighted by atomic mass is 19.4. The average molecular weight is 471 g/mol. The van der Waals surface area contributed by atoms with Gasteiger partial charge >= 0.3 is 6.18 Å². The summed E-state index contributed by atoms with van der Waals surface area (Å²) in [7, 11) is 0. The van der Waals surface area contributed by atoms with E-state index in [0.29, 0.717) is 18.6 Å². The Labute approximate surface area is 203 Å². The Balaban J connectivity index is 1.32. The normalized spacial score (nSPS) is 11.9. The maximum atomic E-state index is 12.7. The fourth-order valence-corrected chi connectivity index (χ4v) is 3.50. The van der Waals surface area contributed by atoms with Crippen LogP contribution in [-0.4, -0.2) is 0 Å². The Hall–Kier alpha value is -4.01. The van der Waals surface area contributed by atoms with Gasteiger partial charge in [0, 0.05) is 11.1 Å². The number of halogens is 3. The molecule has 1 unspecified atom stereocenters. The molecule has 35 heavy (non-hydrogen) atoms. The molecule has 1 radical (unpaired) electrons. The van der Waals surface area contributed by atoms with Crippen molar-refractivity contribution in [3.63, 3.8) is 0 Å². The first-order chi connectivity index (χ1) is 16.9. The van der Waals surface area contributed by atoms with E-state index in [-0.39, 0.29) is 0 Å². The van der Waals surface area contributed by atoms with Gasteiger partial charge in [0.15, 0.2) is 0 Å². The van der Waals surface area contributed by atoms with Gasteiger partial charge in [-0.3, -0.25) is 0 Å². The topological polar surface area (TPSA) is 33.0 Å². The lowest BCUT2D eigenvalue weighted by Crippen LogP contribution is -2.07. The minimum atomic E-state index is -4.37. The van der Waals surface area contributed by atoms with Crippen molar-refractivity contribution in [3.05, 3.63) is 137 Å². The van der Waals surface area contributed by atoms with Crippen molar-refractivity contribution in [2.45, 2.75) is 25.2 Å². The third-order valence-corrected chi connectivity index (χ3v) is 5.49. The second-order valence-electron chi connectivity index (χ2n) is 8.12. The molecule has 4 rings (SSSR count). The first-order valence-corrected chi connectivity index (χ1v) is 11.1. The van der Waals surface area contributed by atoms with Gasteiger partial charge in [-0.1, -0.05) is 66.4 Å². The van der Waals surface area contributed by atoms with Crippen LogP contribution in [0.2, 0.25) is 0 Å². The highest BCUT2D eigenvalue weighted by Gasteiger charge is 2.30. The smallest absolute Gasteiger partial charge is 0.416 e. The summed E-state index contributed by atoms with van der Waals surface area (Å²) in [6.07, 6.45) is -3.96. The van der Waals surface area contributed by atoms with Crippen molar-refractivity contribution in [2.24, 2.45) is 0 Å². The lowest BCUT2D eigenvalue weighted by molar-refractivity contribution is -0.137. The molecule has 0 fully saturated rings. The summed E-state index contributed by atoms with van der Waals surface area (Å²) < 4.78 is 44.0. The second-order valence-corrected chi connectivity index (χ2v) is 8.12. The number of ether oxygens (including phenoxy) is 1. The minimum Gasteiger partial charge on any atom is -0.489 e. The van der Waals surface area contributed by atoms with Crippen LogP contribution in [0.3, 0.4) is 0 Å². The lowest BCUT2D eigenvalue weighted by atomic mass is 9.98. The highest BCUT2D eigenvalue weighted by Crippen LogP contribution is 2.30. The van der Waals surface area contributed by atoms with Crippen LogP contribution in [-0.2, 0) is 19.2 Å². The molecular formula is C30H23F3NO. The summed E-state index contributed by atoms with van der Waals surface area (Å²) >= 11 is 0. The first kappa shape index (κ1) is 24.1. The predicted octanol–water partition coefficient (Wildman–Crippen LogP) is 7.25. The Morgan fingerprint density at radius 2 is 1.26 bits per heavy atom. The van der Waals surface area contributed by atoms with Gasteiger partial charge in [-0.15, -0.1) is 0 Å². The molecule has 4 aromatic rings. The molecule has 1 N–H and O–H groups in total. The number of benzene rings is 4. The molecule has 0 saturated carbocycles. The second kappa shape index (κ2) is 10.9. The zero-order chi connectivity index (χ0) is 24.7. The number of nitrogens with one attached hydrogen (secondary N) is 1. The van der Waals surface area contributed by atoms with E-state index in [4.69, 9.17) is 10.5 Å². The van der Waals surface area contributed by atoms with Crippen LogP contribution in [0.5, 0.6) is 5.75 Å². The van der Waals surface area contributed by atoms with Crippen LogP contribution < -0.4 is 10.5 Å². The van der Waals surface area contributed by atoms with Gasteiger partial charge in [0.05, 0.1) is 11.6 Å². The average Bonchev–Trinajstić information content (AvgIpc) is 2.88. The van der Waals surface area contributed by atoms with Crippen LogP contribution in [0.25, 0.3) is 0 Å². The summed E-state index contributed by atoms with van der Waals surface area (Å²) in [5.74, 6) is 7.04. The van der Waals surface area contributed by atoms with E-state index in [0.717, 1.165) is 40.1 Å². The van der Waals surface area contributed by atoms with Crippen LogP contribution in [0.15, 0.2) is 103 Å². The SMILES string of the molecule is [NH]C(Cc1ccc(C#Cc2ccc(OCc3ccccc3)cc2)cc1)c1ccc(C(F)(F)F)cc1. The van der Waals surface area contributed by atoms with Gasteiger partial charge in [0.25, 0.3) is 0 Å². The molecule has 0 aliphatic carbocycles. The third kappa shape index (κ3) is 6.99. The molecular weight excluding hydrogens is 447 g/mol. The lowest BCUT2D eigenvalue weighted by Gasteiger charge is -2.13. The van der Waals surface area contributed by atoms with Gasteiger partial charge in [-0.2, -0.15) is 13.2 Å². The molecule has 0 amide bonds.